The first-order valence-corrected chi connectivity index (χ1v) is 12.8. The molecular formula is C27H34N4OS. The molecule has 6 heteroatoms. The molecule has 2 N–H and O–H groups in total. The van der Waals surface area contributed by atoms with Gasteiger partial charge in [-0.15, -0.1) is 11.3 Å². The fourth-order valence-electron chi connectivity index (χ4n) is 4.48. The van der Waals surface area contributed by atoms with Gasteiger partial charge in [-0.2, -0.15) is 0 Å². The molecule has 1 aliphatic heterocycles. The standard InChI is InChI=1S/C27H34N4OS/c1-3-30(4-2)27(32)22-12-10-21(11-13-22)26(31-16-14-28-15-17-31)23-7-5-8-24(19-23)29-20-25-9-6-18-33-25/h5-13,18-19,26,28-29H,3-4,14-17,20H2,1-2H3. The lowest BCUT2D eigenvalue weighted by Crippen LogP contribution is -2.45. The molecule has 4 rings (SSSR count). The Labute approximate surface area is 201 Å². The molecule has 0 aliphatic carbocycles. The van der Waals surface area contributed by atoms with Crippen LogP contribution in [0.2, 0.25) is 0 Å². The van der Waals surface area contributed by atoms with E-state index in [1.807, 2.05) is 30.9 Å². The number of piperazine rings is 1. The average Bonchev–Trinajstić information content (AvgIpc) is 3.39. The SMILES string of the molecule is CCN(CC)C(=O)c1ccc(C(c2cccc(NCc3cccs3)c2)N2CCNCC2)cc1. The van der Waals surface area contributed by atoms with Gasteiger partial charge in [-0.3, -0.25) is 9.69 Å². The zero-order chi connectivity index (χ0) is 23.0. The van der Waals surface area contributed by atoms with E-state index < -0.39 is 0 Å². The molecule has 5 nitrogen and oxygen atoms in total. The second kappa shape index (κ2) is 11.5. The maximum Gasteiger partial charge on any atom is 0.253 e. The van der Waals surface area contributed by atoms with Crippen LogP contribution < -0.4 is 10.6 Å². The van der Waals surface area contributed by atoms with Crippen molar-refractivity contribution in [2.45, 2.75) is 26.4 Å². The van der Waals surface area contributed by atoms with Gasteiger partial charge in [0.15, 0.2) is 0 Å². The van der Waals surface area contributed by atoms with Crippen LogP contribution in [0.4, 0.5) is 5.69 Å². The Morgan fingerprint density at radius 1 is 1.03 bits per heavy atom. The summed E-state index contributed by atoms with van der Waals surface area (Å²) in [5.41, 5.74) is 4.39. The summed E-state index contributed by atoms with van der Waals surface area (Å²) in [6.07, 6.45) is 0. The van der Waals surface area contributed by atoms with E-state index in [0.717, 1.165) is 57.1 Å². The molecule has 2 heterocycles. The molecule has 1 amide bonds. The zero-order valence-electron chi connectivity index (χ0n) is 19.6. The van der Waals surface area contributed by atoms with Crippen molar-refractivity contribution in [2.75, 3.05) is 44.6 Å². The number of carbonyl (C=O) groups is 1. The monoisotopic (exact) mass is 462 g/mol. The molecule has 1 aliphatic rings. The molecular weight excluding hydrogens is 428 g/mol. The summed E-state index contributed by atoms with van der Waals surface area (Å²) >= 11 is 1.77. The van der Waals surface area contributed by atoms with E-state index in [9.17, 15) is 4.79 Å². The van der Waals surface area contributed by atoms with Crippen LogP contribution >= 0.6 is 11.3 Å². The first-order valence-electron chi connectivity index (χ1n) is 11.9. The maximum atomic E-state index is 12.8. The molecule has 2 aromatic carbocycles. The molecule has 3 aromatic rings. The van der Waals surface area contributed by atoms with Crippen molar-refractivity contribution >= 4 is 22.9 Å². The van der Waals surface area contributed by atoms with E-state index in [1.54, 1.807) is 11.3 Å². The molecule has 1 atom stereocenters. The first kappa shape index (κ1) is 23.5. The molecule has 0 radical (unpaired) electrons. The van der Waals surface area contributed by atoms with Crippen molar-refractivity contribution in [1.29, 1.82) is 0 Å². The fourth-order valence-corrected chi connectivity index (χ4v) is 5.12. The van der Waals surface area contributed by atoms with Crippen LogP contribution in [0.25, 0.3) is 0 Å². The van der Waals surface area contributed by atoms with Gasteiger partial charge >= 0.3 is 0 Å². The fraction of sp³-hybridized carbons (Fsp3) is 0.370. The minimum absolute atomic E-state index is 0.102. The summed E-state index contributed by atoms with van der Waals surface area (Å²) < 4.78 is 0. The van der Waals surface area contributed by atoms with Crippen molar-refractivity contribution < 1.29 is 4.79 Å². The van der Waals surface area contributed by atoms with Crippen LogP contribution in [0, 0.1) is 0 Å². The number of benzene rings is 2. The van der Waals surface area contributed by atoms with Gasteiger partial charge in [0, 0.05) is 61.9 Å². The van der Waals surface area contributed by atoms with Crippen molar-refractivity contribution in [3.63, 3.8) is 0 Å². The van der Waals surface area contributed by atoms with Gasteiger partial charge in [-0.05, 0) is 60.7 Å². The Morgan fingerprint density at radius 2 is 1.79 bits per heavy atom. The minimum atomic E-state index is 0.102. The van der Waals surface area contributed by atoms with Gasteiger partial charge < -0.3 is 15.5 Å². The predicted octanol–water partition coefficient (Wildman–Crippen LogP) is 4.84. The highest BCUT2D eigenvalue weighted by Crippen LogP contribution is 2.31. The van der Waals surface area contributed by atoms with E-state index in [0.29, 0.717) is 0 Å². The normalized spacial score (nSPS) is 15.2. The highest BCUT2D eigenvalue weighted by Gasteiger charge is 2.24. The average molecular weight is 463 g/mol. The highest BCUT2D eigenvalue weighted by molar-refractivity contribution is 7.09. The predicted molar refractivity (Wildman–Crippen MR) is 138 cm³/mol. The summed E-state index contributed by atoms with van der Waals surface area (Å²) in [5.74, 6) is 0.102. The Balaban J connectivity index is 1.59. The van der Waals surface area contributed by atoms with E-state index in [-0.39, 0.29) is 11.9 Å². The molecule has 1 unspecified atom stereocenters. The number of amides is 1. The van der Waals surface area contributed by atoms with Gasteiger partial charge in [0.25, 0.3) is 5.91 Å². The second-order valence-electron chi connectivity index (χ2n) is 8.35. The van der Waals surface area contributed by atoms with Gasteiger partial charge in [0.1, 0.15) is 0 Å². The number of nitrogens with one attached hydrogen (secondary N) is 2. The third-order valence-electron chi connectivity index (χ3n) is 6.29. The minimum Gasteiger partial charge on any atom is -0.380 e. The lowest BCUT2D eigenvalue weighted by atomic mass is 9.95. The number of hydrogen-bond acceptors (Lipinski definition) is 5. The Kier molecular flexibility index (Phi) is 8.15. The molecule has 33 heavy (non-hydrogen) atoms. The summed E-state index contributed by atoms with van der Waals surface area (Å²) in [6, 6.07) is 21.4. The molecule has 0 bridgehead atoms. The molecule has 1 saturated heterocycles. The third-order valence-corrected chi connectivity index (χ3v) is 7.17. The summed E-state index contributed by atoms with van der Waals surface area (Å²) in [7, 11) is 0. The van der Waals surface area contributed by atoms with Crippen LogP contribution in [0.5, 0.6) is 0 Å². The number of carbonyl (C=O) groups excluding carboxylic acids is 1. The Morgan fingerprint density at radius 3 is 2.45 bits per heavy atom. The second-order valence-corrected chi connectivity index (χ2v) is 9.38. The van der Waals surface area contributed by atoms with E-state index in [2.05, 4.69) is 69.4 Å². The van der Waals surface area contributed by atoms with Crippen LogP contribution in [-0.2, 0) is 6.54 Å². The molecule has 0 spiro atoms. The largest absolute Gasteiger partial charge is 0.380 e. The van der Waals surface area contributed by atoms with Crippen LogP contribution in [0.15, 0.2) is 66.0 Å². The van der Waals surface area contributed by atoms with Crippen molar-refractivity contribution in [3.8, 4) is 0 Å². The van der Waals surface area contributed by atoms with E-state index in [4.69, 9.17) is 0 Å². The zero-order valence-corrected chi connectivity index (χ0v) is 20.4. The number of hydrogen-bond donors (Lipinski definition) is 2. The summed E-state index contributed by atoms with van der Waals surface area (Å²) in [6.45, 7) is 10.3. The van der Waals surface area contributed by atoms with Gasteiger partial charge in [0.2, 0.25) is 0 Å². The lowest BCUT2D eigenvalue weighted by molar-refractivity contribution is 0.0773. The van der Waals surface area contributed by atoms with Crippen LogP contribution in [0.3, 0.4) is 0 Å². The quantitative estimate of drug-likeness (QED) is 0.478. The van der Waals surface area contributed by atoms with Crippen LogP contribution in [-0.4, -0.2) is 55.0 Å². The molecule has 0 saturated carbocycles. The summed E-state index contributed by atoms with van der Waals surface area (Å²) in [4.78, 5) is 18.5. The van der Waals surface area contributed by atoms with E-state index >= 15 is 0 Å². The van der Waals surface area contributed by atoms with Crippen molar-refractivity contribution in [2.24, 2.45) is 0 Å². The van der Waals surface area contributed by atoms with Gasteiger partial charge in [-0.1, -0.05) is 30.3 Å². The molecule has 174 valence electrons. The number of thiophene rings is 1. The molecule has 1 fully saturated rings. The number of nitrogens with zero attached hydrogens (tertiary/aromatic N) is 2. The highest BCUT2D eigenvalue weighted by atomic mass is 32.1. The van der Waals surface area contributed by atoms with Crippen molar-refractivity contribution in [3.05, 3.63) is 87.6 Å². The lowest BCUT2D eigenvalue weighted by Gasteiger charge is -2.36. The Hall–Kier alpha value is -2.67. The summed E-state index contributed by atoms with van der Waals surface area (Å²) in [5, 5.41) is 9.16. The molecule has 1 aromatic heterocycles. The Bertz CT molecular complexity index is 1010. The first-order chi connectivity index (χ1) is 16.2. The topological polar surface area (TPSA) is 47.6 Å². The van der Waals surface area contributed by atoms with Crippen molar-refractivity contribution in [1.82, 2.24) is 15.1 Å². The number of rotatable bonds is 9. The van der Waals surface area contributed by atoms with Crippen LogP contribution in [0.1, 0.15) is 46.3 Å². The van der Waals surface area contributed by atoms with E-state index in [1.165, 1.54) is 16.0 Å². The maximum absolute atomic E-state index is 12.8. The third kappa shape index (κ3) is 5.82. The van der Waals surface area contributed by atoms with Gasteiger partial charge in [-0.25, -0.2) is 0 Å². The smallest absolute Gasteiger partial charge is 0.253 e. The number of anilines is 1. The van der Waals surface area contributed by atoms with Gasteiger partial charge in [0.05, 0.1) is 6.04 Å².